The fourth-order valence-corrected chi connectivity index (χ4v) is 1.66. The molecule has 0 aromatic heterocycles. The first-order chi connectivity index (χ1) is 8.35. The van der Waals surface area contributed by atoms with Crippen LogP contribution in [0, 0.1) is 11.3 Å². The lowest BCUT2D eigenvalue weighted by Gasteiger charge is -2.11. The molecule has 1 aromatic rings. The molecule has 0 saturated carbocycles. The minimum Gasteiger partial charge on any atom is -0.298 e. The number of hydrogen-bond acceptors (Lipinski definition) is 3. The number of rotatable bonds is 3. The molecule has 94 valence electrons. The summed E-state index contributed by atoms with van der Waals surface area (Å²) in [5.74, 6) is -0.567. The predicted octanol–water partition coefficient (Wildman–Crippen LogP) is 2.97. The standard InChI is InChI=1S/C11H5BrF3NO2/c12-3-10(18)8-1-6(4-16)9(11(13,14)15)2-7(8)5-17/h1-2,5H,3H2. The highest BCUT2D eigenvalue weighted by Crippen LogP contribution is 2.33. The number of aldehydes is 1. The normalized spacial score (nSPS) is 10.8. The molecule has 0 unspecified atom stereocenters. The summed E-state index contributed by atoms with van der Waals surface area (Å²) in [7, 11) is 0. The number of Topliss-reactive ketones (excluding diaryl/α,β-unsaturated/α-hetero) is 1. The van der Waals surface area contributed by atoms with E-state index < -0.39 is 23.1 Å². The molecule has 0 saturated heterocycles. The molecular weight excluding hydrogens is 315 g/mol. The number of benzene rings is 1. The Kier molecular flexibility index (Phi) is 4.24. The summed E-state index contributed by atoms with van der Waals surface area (Å²) < 4.78 is 37.8. The smallest absolute Gasteiger partial charge is 0.298 e. The number of carbonyl (C=O) groups is 2. The third-order valence-corrected chi connectivity index (χ3v) is 2.67. The van der Waals surface area contributed by atoms with Crippen molar-refractivity contribution in [3.63, 3.8) is 0 Å². The van der Waals surface area contributed by atoms with Gasteiger partial charge in [0.1, 0.15) is 0 Å². The molecule has 0 aliphatic carbocycles. The van der Waals surface area contributed by atoms with Gasteiger partial charge in [0.15, 0.2) is 12.1 Å². The number of nitriles is 1. The monoisotopic (exact) mass is 319 g/mol. The Labute approximate surface area is 108 Å². The molecule has 0 spiro atoms. The summed E-state index contributed by atoms with van der Waals surface area (Å²) in [6.07, 6.45) is -4.59. The number of halogens is 4. The van der Waals surface area contributed by atoms with Crippen LogP contribution in [0.15, 0.2) is 12.1 Å². The lowest BCUT2D eigenvalue weighted by Crippen LogP contribution is -2.12. The SMILES string of the molecule is N#Cc1cc(C(=O)CBr)c(C=O)cc1C(F)(F)F. The van der Waals surface area contributed by atoms with Crippen LogP contribution in [0.4, 0.5) is 13.2 Å². The molecule has 0 N–H and O–H groups in total. The first-order valence-electron chi connectivity index (χ1n) is 4.54. The van der Waals surface area contributed by atoms with E-state index in [2.05, 4.69) is 15.9 Å². The van der Waals surface area contributed by atoms with Crippen molar-refractivity contribution in [2.24, 2.45) is 0 Å². The van der Waals surface area contributed by atoms with Crippen LogP contribution in [-0.2, 0) is 6.18 Å². The Hall–Kier alpha value is -1.68. The lowest BCUT2D eigenvalue weighted by atomic mass is 9.97. The maximum absolute atomic E-state index is 12.6. The first kappa shape index (κ1) is 14.4. The van der Waals surface area contributed by atoms with Crippen molar-refractivity contribution < 1.29 is 22.8 Å². The van der Waals surface area contributed by atoms with Gasteiger partial charge in [0.05, 0.1) is 22.5 Å². The molecule has 0 aliphatic heterocycles. The zero-order chi connectivity index (χ0) is 13.9. The summed E-state index contributed by atoms with van der Waals surface area (Å²) in [5, 5.41) is 8.51. The molecule has 0 aliphatic rings. The van der Waals surface area contributed by atoms with E-state index in [0.29, 0.717) is 6.07 Å². The van der Waals surface area contributed by atoms with E-state index in [1.807, 2.05) is 0 Å². The van der Waals surface area contributed by atoms with E-state index in [1.54, 1.807) is 0 Å². The fraction of sp³-hybridized carbons (Fsp3) is 0.182. The van der Waals surface area contributed by atoms with E-state index in [9.17, 15) is 22.8 Å². The first-order valence-corrected chi connectivity index (χ1v) is 5.67. The molecule has 3 nitrogen and oxygen atoms in total. The maximum Gasteiger partial charge on any atom is 0.417 e. The number of carbonyl (C=O) groups excluding carboxylic acids is 2. The number of hydrogen-bond donors (Lipinski definition) is 0. The topological polar surface area (TPSA) is 57.9 Å². The van der Waals surface area contributed by atoms with Crippen LogP contribution >= 0.6 is 15.9 Å². The van der Waals surface area contributed by atoms with Gasteiger partial charge in [-0.2, -0.15) is 18.4 Å². The van der Waals surface area contributed by atoms with Crippen molar-refractivity contribution in [3.8, 4) is 6.07 Å². The highest BCUT2D eigenvalue weighted by atomic mass is 79.9. The van der Waals surface area contributed by atoms with E-state index in [4.69, 9.17) is 5.26 Å². The van der Waals surface area contributed by atoms with Crippen molar-refractivity contribution >= 4 is 28.0 Å². The van der Waals surface area contributed by atoms with E-state index >= 15 is 0 Å². The molecule has 0 atom stereocenters. The number of alkyl halides is 4. The molecule has 1 aromatic carbocycles. The molecule has 0 heterocycles. The zero-order valence-corrected chi connectivity index (χ0v) is 10.3. The van der Waals surface area contributed by atoms with E-state index in [0.717, 1.165) is 6.07 Å². The third-order valence-electron chi connectivity index (χ3n) is 2.16. The van der Waals surface area contributed by atoms with Gasteiger partial charge in [0, 0.05) is 11.1 Å². The summed E-state index contributed by atoms with van der Waals surface area (Å²) >= 11 is 2.85. The molecule has 0 bridgehead atoms. The van der Waals surface area contributed by atoms with Gasteiger partial charge in [-0.3, -0.25) is 9.59 Å². The lowest BCUT2D eigenvalue weighted by molar-refractivity contribution is -0.137. The number of ketones is 1. The Morgan fingerprint density at radius 2 is 2.06 bits per heavy atom. The fourth-order valence-electron chi connectivity index (χ4n) is 1.35. The van der Waals surface area contributed by atoms with E-state index in [-0.39, 0.29) is 22.7 Å². The average molecular weight is 320 g/mol. The van der Waals surface area contributed by atoms with Gasteiger partial charge in [-0.05, 0) is 12.1 Å². The second-order valence-electron chi connectivity index (χ2n) is 3.27. The van der Waals surface area contributed by atoms with Gasteiger partial charge >= 0.3 is 6.18 Å². The quantitative estimate of drug-likeness (QED) is 0.489. The molecule has 1 rings (SSSR count). The summed E-state index contributed by atoms with van der Waals surface area (Å²) in [5.41, 5.74) is -2.49. The molecule has 0 amide bonds. The predicted molar refractivity (Wildman–Crippen MR) is 59.7 cm³/mol. The van der Waals surface area contributed by atoms with Crippen molar-refractivity contribution in [2.45, 2.75) is 6.18 Å². The van der Waals surface area contributed by atoms with Crippen LogP contribution in [0.25, 0.3) is 0 Å². The van der Waals surface area contributed by atoms with Crippen LogP contribution in [-0.4, -0.2) is 17.4 Å². The summed E-state index contributed by atoms with van der Waals surface area (Å²) in [6, 6.07) is 2.67. The highest BCUT2D eigenvalue weighted by Gasteiger charge is 2.35. The Morgan fingerprint density at radius 1 is 1.44 bits per heavy atom. The summed E-state index contributed by atoms with van der Waals surface area (Å²) in [4.78, 5) is 22.1. The molecule has 0 fully saturated rings. The Morgan fingerprint density at radius 3 is 2.44 bits per heavy atom. The number of nitrogens with zero attached hydrogens (tertiary/aromatic N) is 1. The largest absolute Gasteiger partial charge is 0.417 e. The van der Waals surface area contributed by atoms with Crippen molar-refractivity contribution in [2.75, 3.05) is 5.33 Å². The van der Waals surface area contributed by atoms with Gasteiger partial charge in [-0.15, -0.1) is 0 Å². The summed E-state index contributed by atoms with van der Waals surface area (Å²) in [6.45, 7) is 0. The Bertz CT molecular complexity index is 546. The second kappa shape index (κ2) is 5.31. The minimum absolute atomic E-state index is 0.149. The molecule has 18 heavy (non-hydrogen) atoms. The second-order valence-corrected chi connectivity index (χ2v) is 3.83. The van der Waals surface area contributed by atoms with Crippen LogP contribution in [0.3, 0.4) is 0 Å². The van der Waals surface area contributed by atoms with Crippen molar-refractivity contribution in [3.05, 3.63) is 34.4 Å². The maximum atomic E-state index is 12.6. The van der Waals surface area contributed by atoms with Crippen LogP contribution in [0.5, 0.6) is 0 Å². The van der Waals surface area contributed by atoms with Gasteiger partial charge in [-0.25, -0.2) is 0 Å². The third kappa shape index (κ3) is 2.76. The molecular formula is C11H5BrF3NO2. The van der Waals surface area contributed by atoms with Gasteiger partial charge in [0.25, 0.3) is 0 Å². The van der Waals surface area contributed by atoms with Crippen molar-refractivity contribution in [1.82, 2.24) is 0 Å². The minimum atomic E-state index is -4.75. The van der Waals surface area contributed by atoms with Crippen LogP contribution in [0.1, 0.15) is 31.8 Å². The molecule has 0 radical (unpaired) electrons. The Balaban J connectivity index is 3.58. The zero-order valence-electron chi connectivity index (χ0n) is 8.71. The van der Waals surface area contributed by atoms with Crippen molar-refractivity contribution in [1.29, 1.82) is 5.26 Å². The van der Waals surface area contributed by atoms with Gasteiger partial charge < -0.3 is 0 Å². The van der Waals surface area contributed by atoms with Gasteiger partial charge in [-0.1, -0.05) is 15.9 Å². The highest BCUT2D eigenvalue weighted by molar-refractivity contribution is 9.09. The van der Waals surface area contributed by atoms with Gasteiger partial charge in [0.2, 0.25) is 0 Å². The van der Waals surface area contributed by atoms with E-state index in [1.165, 1.54) is 6.07 Å². The van der Waals surface area contributed by atoms with Crippen LogP contribution in [0.2, 0.25) is 0 Å². The molecule has 7 heteroatoms. The average Bonchev–Trinajstić information content (AvgIpc) is 2.34. The van der Waals surface area contributed by atoms with Crippen LogP contribution < -0.4 is 0 Å².